The molecule has 2 aliphatic carbocycles. The van der Waals surface area contributed by atoms with Crippen LogP contribution in [0.4, 0.5) is 0 Å². The molecule has 13 heteroatoms. The molecule has 1 fully saturated rings. The minimum atomic E-state index is -2.19. The molecule has 3 aliphatic rings. The quantitative estimate of drug-likeness (QED) is 0.226. The van der Waals surface area contributed by atoms with Crippen molar-refractivity contribution in [1.82, 2.24) is 0 Å². The number of methoxy groups -OCH3 is 1. The number of ether oxygens (including phenoxy) is 3. The predicted molar refractivity (Wildman–Crippen MR) is 150 cm³/mol. The van der Waals surface area contributed by atoms with Gasteiger partial charge in [-0.15, -0.1) is 0 Å². The number of hydrogen-bond acceptors (Lipinski definition) is 12. The molecular weight excluding hydrogens is 566 g/mol. The van der Waals surface area contributed by atoms with E-state index in [1.54, 1.807) is 0 Å². The molecule has 1 heterocycles. The number of ketones is 3. The lowest BCUT2D eigenvalue weighted by molar-refractivity contribution is -0.219. The number of aromatic hydroxyl groups is 2. The van der Waals surface area contributed by atoms with E-state index >= 15 is 0 Å². The van der Waals surface area contributed by atoms with Gasteiger partial charge in [-0.2, -0.15) is 0 Å². The van der Waals surface area contributed by atoms with Gasteiger partial charge in [-0.05, 0) is 12.5 Å². The molecule has 0 radical (unpaired) electrons. The van der Waals surface area contributed by atoms with E-state index in [0.717, 1.165) is 0 Å². The summed E-state index contributed by atoms with van der Waals surface area (Å²) in [6, 6.07) is 4.39. The SMILES string of the molecule is CC.CC(N)=O.COc1cccc2c1C(=O)c1c(O)c3c(c(O)c1C2=O)C[C@@](O)(C(=O)CO)C[C@@H]3OC1CC[C@H](O)CO1. The predicted octanol–water partition coefficient (Wildman–Crippen LogP) is 1.19. The average molecular weight is 604 g/mol. The molecule has 0 bridgehead atoms. The van der Waals surface area contributed by atoms with Gasteiger partial charge in [0.15, 0.2) is 17.9 Å². The number of amides is 1. The van der Waals surface area contributed by atoms with Crippen LogP contribution >= 0.6 is 0 Å². The summed E-state index contributed by atoms with van der Waals surface area (Å²) in [5.74, 6) is -3.96. The summed E-state index contributed by atoms with van der Waals surface area (Å²) in [6.07, 6.45) is -3.17. The Morgan fingerprint density at radius 1 is 1.07 bits per heavy atom. The van der Waals surface area contributed by atoms with E-state index in [9.17, 15) is 44.7 Å². The first kappa shape index (κ1) is 33.6. The fourth-order valence-corrected chi connectivity index (χ4v) is 5.40. The summed E-state index contributed by atoms with van der Waals surface area (Å²) >= 11 is 0. The van der Waals surface area contributed by atoms with Gasteiger partial charge in [0.2, 0.25) is 11.7 Å². The fourth-order valence-electron chi connectivity index (χ4n) is 5.40. The van der Waals surface area contributed by atoms with E-state index in [1.807, 2.05) is 13.8 Å². The molecule has 4 atom stereocenters. The Kier molecular flexibility index (Phi) is 10.6. The number of carbonyl (C=O) groups is 4. The lowest BCUT2D eigenvalue weighted by Crippen LogP contribution is -2.48. The highest BCUT2D eigenvalue weighted by atomic mass is 16.7. The monoisotopic (exact) mass is 603 g/mol. The zero-order valence-electron chi connectivity index (χ0n) is 24.4. The largest absolute Gasteiger partial charge is 0.507 e. The molecule has 13 nitrogen and oxygen atoms in total. The zero-order valence-corrected chi connectivity index (χ0v) is 24.4. The summed E-state index contributed by atoms with van der Waals surface area (Å²) in [6.45, 7) is 4.29. The molecule has 1 amide bonds. The number of Topliss-reactive ketones (excluding diaryl/α,β-unsaturated/α-hetero) is 1. The van der Waals surface area contributed by atoms with Gasteiger partial charge in [0, 0.05) is 42.9 Å². The minimum absolute atomic E-state index is 0.0188. The summed E-state index contributed by atoms with van der Waals surface area (Å²) in [5.41, 5.74) is 1.06. The Bertz CT molecular complexity index is 1410. The van der Waals surface area contributed by atoms with Crippen LogP contribution in [0.2, 0.25) is 0 Å². The molecule has 234 valence electrons. The molecule has 0 aromatic heterocycles. The first-order valence-electron chi connectivity index (χ1n) is 13.8. The highest BCUT2D eigenvalue weighted by Crippen LogP contribution is 2.52. The molecule has 2 aromatic carbocycles. The Morgan fingerprint density at radius 2 is 1.70 bits per heavy atom. The average Bonchev–Trinajstić information content (AvgIpc) is 2.98. The van der Waals surface area contributed by atoms with Crippen molar-refractivity contribution in [3.05, 3.63) is 51.6 Å². The number of aliphatic hydroxyl groups excluding tert-OH is 2. The van der Waals surface area contributed by atoms with Gasteiger partial charge >= 0.3 is 0 Å². The van der Waals surface area contributed by atoms with E-state index in [1.165, 1.54) is 32.2 Å². The second-order valence-corrected chi connectivity index (χ2v) is 10.1. The Hall–Kier alpha value is -3.88. The molecule has 1 saturated heterocycles. The summed E-state index contributed by atoms with van der Waals surface area (Å²) in [7, 11) is 1.33. The maximum Gasteiger partial charge on any atom is 0.214 e. The van der Waals surface area contributed by atoms with Crippen LogP contribution in [0.3, 0.4) is 0 Å². The van der Waals surface area contributed by atoms with E-state index in [0.29, 0.717) is 6.42 Å². The molecule has 1 unspecified atom stereocenters. The normalized spacial score (nSPS) is 23.7. The number of hydrogen-bond donors (Lipinski definition) is 6. The van der Waals surface area contributed by atoms with Crippen LogP contribution in [0.15, 0.2) is 18.2 Å². The van der Waals surface area contributed by atoms with Crippen molar-refractivity contribution < 1.29 is 58.9 Å². The van der Waals surface area contributed by atoms with Crippen LogP contribution in [-0.2, 0) is 25.5 Å². The summed E-state index contributed by atoms with van der Waals surface area (Å²) in [4.78, 5) is 48.7. The van der Waals surface area contributed by atoms with Crippen molar-refractivity contribution in [3.8, 4) is 17.2 Å². The topological polar surface area (TPSA) is 223 Å². The maximum absolute atomic E-state index is 13.6. The standard InChI is InChI=1S/C26H26O11.C2H5NO.C2H6/c1-35-14-4-2-3-12-18(14)24(32)21-20(22(12)30)23(31)13-7-26(34,16(29)9-27)8-15(19(13)25(21)33)37-17-6-5-11(28)10-36-17;1-2(3)4;1-2/h2-4,11,15,17,27-28,31,33-34H,5-10H2,1H3;1H3,(H2,3,4);1-2H3/t11-,15-,17?,26-;;/m0../s1. The number of aliphatic hydroxyl groups is 3. The van der Waals surface area contributed by atoms with Gasteiger partial charge in [-0.1, -0.05) is 26.0 Å². The lowest BCUT2D eigenvalue weighted by atomic mass is 9.72. The lowest BCUT2D eigenvalue weighted by Gasteiger charge is -2.40. The van der Waals surface area contributed by atoms with Crippen molar-refractivity contribution in [2.75, 3.05) is 20.3 Å². The smallest absolute Gasteiger partial charge is 0.214 e. The van der Waals surface area contributed by atoms with Gasteiger partial charge < -0.3 is 45.5 Å². The number of fused-ring (bicyclic) bond motifs is 3. The molecule has 2 aromatic rings. The van der Waals surface area contributed by atoms with Gasteiger partial charge in [0.05, 0.1) is 42.6 Å². The molecule has 1 aliphatic heterocycles. The van der Waals surface area contributed by atoms with Gasteiger partial charge in [0.25, 0.3) is 0 Å². The first-order chi connectivity index (χ1) is 20.3. The Balaban J connectivity index is 0.000000780. The molecule has 7 N–H and O–H groups in total. The van der Waals surface area contributed by atoms with Crippen molar-refractivity contribution >= 4 is 23.3 Å². The number of carbonyl (C=O) groups excluding carboxylic acids is 4. The van der Waals surface area contributed by atoms with E-state index in [2.05, 4.69) is 5.73 Å². The molecular formula is C30H37NO12. The van der Waals surface area contributed by atoms with Gasteiger partial charge in [-0.25, -0.2) is 0 Å². The third kappa shape index (κ3) is 6.40. The van der Waals surface area contributed by atoms with Gasteiger partial charge in [-0.3, -0.25) is 19.2 Å². The Morgan fingerprint density at radius 3 is 2.26 bits per heavy atom. The summed E-state index contributed by atoms with van der Waals surface area (Å²) in [5, 5.41) is 53.0. The van der Waals surface area contributed by atoms with E-state index in [-0.39, 0.29) is 46.9 Å². The maximum atomic E-state index is 13.6. The van der Waals surface area contributed by atoms with Crippen molar-refractivity contribution in [3.63, 3.8) is 0 Å². The van der Waals surface area contributed by atoms with Gasteiger partial charge in [0.1, 0.15) is 29.5 Å². The first-order valence-corrected chi connectivity index (χ1v) is 13.8. The second-order valence-electron chi connectivity index (χ2n) is 10.1. The zero-order chi connectivity index (χ0) is 32.2. The third-order valence-electron chi connectivity index (χ3n) is 7.26. The van der Waals surface area contributed by atoms with Crippen LogP contribution in [0.5, 0.6) is 17.2 Å². The number of rotatable bonds is 5. The molecule has 0 spiro atoms. The molecule has 43 heavy (non-hydrogen) atoms. The van der Waals surface area contributed by atoms with Crippen molar-refractivity contribution in [1.29, 1.82) is 0 Å². The van der Waals surface area contributed by atoms with Crippen LogP contribution < -0.4 is 10.5 Å². The van der Waals surface area contributed by atoms with Crippen LogP contribution in [0.25, 0.3) is 0 Å². The van der Waals surface area contributed by atoms with Crippen molar-refractivity contribution in [2.45, 2.75) is 70.6 Å². The van der Waals surface area contributed by atoms with Crippen LogP contribution in [-0.4, -0.2) is 87.1 Å². The number of phenolic OH excluding ortho intramolecular Hbond substituents is 2. The highest BCUT2D eigenvalue weighted by Gasteiger charge is 2.49. The highest BCUT2D eigenvalue weighted by molar-refractivity contribution is 6.31. The van der Waals surface area contributed by atoms with Crippen LogP contribution in [0, 0.1) is 0 Å². The number of nitrogens with two attached hydrogens (primary N) is 1. The number of primary amides is 1. The molecule has 5 rings (SSSR count). The van der Waals surface area contributed by atoms with E-state index in [4.69, 9.17) is 14.2 Å². The second kappa shape index (κ2) is 13.6. The molecule has 0 saturated carbocycles. The number of phenols is 2. The van der Waals surface area contributed by atoms with Crippen molar-refractivity contribution in [2.24, 2.45) is 5.73 Å². The van der Waals surface area contributed by atoms with E-state index < -0.39 is 83.5 Å². The van der Waals surface area contributed by atoms with Crippen LogP contribution in [0.1, 0.15) is 89.1 Å². The fraction of sp³-hybridized carbons (Fsp3) is 0.467. The third-order valence-corrected chi connectivity index (χ3v) is 7.26. The Labute approximate surface area is 247 Å². The summed E-state index contributed by atoms with van der Waals surface area (Å²) < 4.78 is 16.7. The number of benzene rings is 2. The minimum Gasteiger partial charge on any atom is -0.507 e.